The second-order valence-electron chi connectivity index (χ2n) is 5.44. The van der Waals surface area contributed by atoms with Gasteiger partial charge in [0.05, 0.1) is 18.7 Å². The van der Waals surface area contributed by atoms with Crippen LogP contribution in [0.25, 0.3) is 0 Å². The molecule has 0 amide bonds. The molecule has 4 N–H and O–H groups in total. The maximum atomic E-state index is 11.9. The molecule has 1 heterocycles. The van der Waals surface area contributed by atoms with Gasteiger partial charge < -0.3 is 20.2 Å². The molecule has 132 valence electrons. The summed E-state index contributed by atoms with van der Waals surface area (Å²) in [6.07, 6.45) is 3.67. The van der Waals surface area contributed by atoms with E-state index in [0.29, 0.717) is 0 Å². The summed E-state index contributed by atoms with van der Waals surface area (Å²) < 4.78 is 35.3. The van der Waals surface area contributed by atoms with Crippen molar-refractivity contribution in [2.45, 2.75) is 38.5 Å². The van der Waals surface area contributed by atoms with Crippen LogP contribution in [0, 0.1) is 0 Å². The number of rotatable bonds is 10. The Morgan fingerprint density at radius 2 is 2.17 bits per heavy atom. The Morgan fingerprint density at radius 3 is 2.70 bits per heavy atom. The molecule has 0 spiro atoms. The molecule has 23 heavy (non-hydrogen) atoms. The molecular formula is C13H24N4O5S. The van der Waals surface area contributed by atoms with Gasteiger partial charge in [0.2, 0.25) is 10.0 Å². The molecule has 0 unspecified atom stereocenters. The standard InChI is InChI=1S/C13H24N4O5S/c1-9(2)22-11(6-17-23(3,19)20)7-21-13(18)12(14)4-10-5-15-8-16-10/h5,8-9,11-12,17H,4,6-7,14H2,1-3H3,(H,15,16)/t11-,12-/m0/s1. The van der Waals surface area contributed by atoms with Gasteiger partial charge in [-0.05, 0) is 13.8 Å². The third-order valence-electron chi connectivity index (χ3n) is 2.75. The lowest BCUT2D eigenvalue weighted by atomic mass is 10.2. The maximum Gasteiger partial charge on any atom is 0.323 e. The van der Waals surface area contributed by atoms with Crippen LogP contribution in [-0.4, -0.2) is 62.0 Å². The van der Waals surface area contributed by atoms with Gasteiger partial charge in [0.15, 0.2) is 0 Å². The van der Waals surface area contributed by atoms with E-state index >= 15 is 0 Å². The lowest BCUT2D eigenvalue weighted by Gasteiger charge is -2.21. The Hall–Kier alpha value is -1.49. The molecule has 0 saturated carbocycles. The fraction of sp³-hybridized carbons (Fsp3) is 0.692. The van der Waals surface area contributed by atoms with E-state index in [0.717, 1.165) is 11.9 Å². The van der Waals surface area contributed by atoms with Gasteiger partial charge in [0, 0.05) is 24.9 Å². The molecule has 0 aliphatic carbocycles. The lowest BCUT2D eigenvalue weighted by molar-refractivity contribution is -0.150. The topological polar surface area (TPSA) is 136 Å². The van der Waals surface area contributed by atoms with E-state index in [2.05, 4.69) is 14.7 Å². The van der Waals surface area contributed by atoms with Crippen molar-refractivity contribution in [3.05, 3.63) is 18.2 Å². The number of aromatic nitrogens is 2. The van der Waals surface area contributed by atoms with E-state index in [9.17, 15) is 13.2 Å². The van der Waals surface area contributed by atoms with Crippen molar-refractivity contribution in [3.63, 3.8) is 0 Å². The number of hydrogen-bond acceptors (Lipinski definition) is 7. The molecule has 0 saturated heterocycles. The van der Waals surface area contributed by atoms with Crippen LogP contribution in [0.3, 0.4) is 0 Å². The zero-order valence-electron chi connectivity index (χ0n) is 13.5. The van der Waals surface area contributed by atoms with Gasteiger partial charge >= 0.3 is 5.97 Å². The van der Waals surface area contributed by atoms with Gasteiger partial charge in [-0.25, -0.2) is 18.1 Å². The van der Waals surface area contributed by atoms with Crippen molar-refractivity contribution in [2.75, 3.05) is 19.4 Å². The van der Waals surface area contributed by atoms with Crippen LogP contribution in [0.15, 0.2) is 12.5 Å². The maximum absolute atomic E-state index is 11.9. The van der Waals surface area contributed by atoms with Crippen LogP contribution in [0.1, 0.15) is 19.5 Å². The minimum absolute atomic E-state index is 0.0140. The second kappa shape index (κ2) is 8.96. The monoisotopic (exact) mass is 348 g/mol. The number of carbonyl (C=O) groups excluding carboxylic acids is 1. The van der Waals surface area contributed by atoms with Gasteiger partial charge in [0.25, 0.3) is 0 Å². The highest BCUT2D eigenvalue weighted by Crippen LogP contribution is 2.02. The summed E-state index contributed by atoms with van der Waals surface area (Å²) in [5.41, 5.74) is 6.49. The van der Waals surface area contributed by atoms with Crippen molar-refractivity contribution >= 4 is 16.0 Å². The molecule has 0 aliphatic heterocycles. The number of imidazole rings is 1. The summed E-state index contributed by atoms with van der Waals surface area (Å²) in [6, 6.07) is -0.835. The second-order valence-corrected chi connectivity index (χ2v) is 7.28. The molecule has 1 aromatic heterocycles. The Morgan fingerprint density at radius 1 is 1.48 bits per heavy atom. The van der Waals surface area contributed by atoms with Gasteiger partial charge in [-0.1, -0.05) is 0 Å². The number of carbonyl (C=O) groups is 1. The molecule has 1 aromatic rings. The van der Waals surface area contributed by atoms with Crippen LogP contribution in [-0.2, 0) is 30.7 Å². The van der Waals surface area contributed by atoms with E-state index in [-0.39, 0.29) is 25.7 Å². The number of sulfonamides is 1. The van der Waals surface area contributed by atoms with Crippen molar-refractivity contribution in [1.82, 2.24) is 14.7 Å². The van der Waals surface area contributed by atoms with Crippen LogP contribution >= 0.6 is 0 Å². The fourth-order valence-corrected chi connectivity index (χ4v) is 2.26. The van der Waals surface area contributed by atoms with Crippen molar-refractivity contribution in [2.24, 2.45) is 5.73 Å². The minimum atomic E-state index is -3.35. The number of ether oxygens (including phenoxy) is 2. The third-order valence-corrected chi connectivity index (χ3v) is 3.44. The Labute approximate surface area is 136 Å². The van der Waals surface area contributed by atoms with E-state index in [1.54, 1.807) is 20.0 Å². The highest BCUT2D eigenvalue weighted by atomic mass is 32.2. The molecular weight excluding hydrogens is 324 g/mol. The number of hydrogen-bond donors (Lipinski definition) is 3. The summed E-state index contributed by atoms with van der Waals surface area (Å²) in [7, 11) is -3.35. The first-order valence-corrected chi connectivity index (χ1v) is 9.06. The van der Waals surface area contributed by atoms with Crippen molar-refractivity contribution < 1.29 is 22.7 Å². The van der Waals surface area contributed by atoms with Gasteiger partial charge in [0.1, 0.15) is 18.8 Å². The molecule has 9 nitrogen and oxygen atoms in total. The first-order chi connectivity index (χ1) is 10.7. The third kappa shape index (κ3) is 8.65. The minimum Gasteiger partial charge on any atom is -0.462 e. The number of nitrogens with two attached hydrogens (primary N) is 1. The van der Waals surface area contributed by atoms with Crippen LogP contribution in [0.4, 0.5) is 0 Å². The van der Waals surface area contributed by atoms with Gasteiger partial charge in [-0.2, -0.15) is 0 Å². The van der Waals surface area contributed by atoms with Crippen LogP contribution in [0.2, 0.25) is 0 Å². The zero-order valence-corrected chi connectivity index (χ0v) is 14.3. The SMILES string of the molecule is CC(C)O[C@@H](CNS(C)(=O)=O)COC(=O)[C@@H](N)Cc1cnc[nH]1. The number of esters is 1. The van der Waals surface area contributed by atoms with Crippen LogP contribution in [0.5, 0.6) is 0 Å². The molecule has 0 fully saturated rings. The fourth-order valence-electron chi connectivity index (χ4n) is 1.77. The largest absolute Gasteiger partial charge is 0.462 e. The summed E-state index contributed by atoms with van der Waals surface area (Å²) in [4.78, 5) is 18.6. The molecule has 0 bridgehead atoms. The predicted octanol–water partition coefficient (Wildman–Crippen LogP) is -0.834. The van der Waals surface area contributed by atoms with E-state index in [1.807, 2.05) is 0 Å². The number of H-pyrrole nitrogens is 1. The van der Waals surface area contributed by atoms with Crippen molar-refractivity contribution in [3.8, 4) is 0 Å². The molecule has 2 atom stereocenters. The van der Waals surface area contributed by atoms with E-state index in [1.165, 1.54) is 6.33 Å². The molecule has 0 aliphatic rings. The first kappa shape index (κ1) is 19.6. The number of nitrogens with one attached hydrogen (secondary N) is 2. The summed E-state index contributed by atoms with van der Waals surface area (Å²) in [5, 5.41) is 0. The quantitative estimate of drug-likeness (QED) is 0.469. The molecule has 10 heteroatoms. The molecule has 0 aromatic carbocycles. The Bertz CT molecular complexity index is 573. The van der Waals surface area contributed by atoms with E-state index in [4.69, 9.17) is 15.2 Å². The molecule has 0 radical (unpaired) electrons. The Balaban J connectivity index is 2.46. The zero-order chi connectivity index (χ0) is 17.5. The predicted molar refractivity (Wildman–Crippen MR) is 84.1 cm³/mol. The Kier molecular flexibility index (Phi) is 7.62. The van der Waals surface area contributed by atoms with E-state index < -0.39 is 28.1 Å². The number of nitrogens with zero attached hydrogens (tertiary/aromatic N) is 1. The van der Waals surface area contributed by atoms with Gasteiger partial charge in [-0.15, -0.1) is 0 Å². The number of aromatic amines is 1. The smallest absolute Gasteiger partial charge is 0.323 e. The van der Waals surface area contributed by atoms with Crippen molar-refractivity contribution in [1.29, 1.82) is 0 Å². The molecule has 1 rings (SSSR count). The average Bonchev–Trinajstić information content (AvgIpc) is 2.92. The summed E-state index contributed by atoms with van der Waals surface area (Å²) in [5.74, 6) is -0.587. The van der Waals surface area contributed by atoms with Crippen LogP contribution < -0.4 is 10.5 Å². The highest BCUT2D eigenvalue weighted by Gasteiger charge is 2.20. The lowest BCUT2D eigenvalue weighted by Crippen LogP contribution is -2.40. The first-order valence-electron chi connectivity index (χ1n) is 7.17. The summed E-state index contributed by atoms with van der Waals surface area (Å²) >= 11 is 0. The highest BCUT2D eigenvalue weighted by molar-refractivity contribution is 7.88. The summed E-state index contributed by atoms with van der Waals surface area (Å²) in [6.45, 7) is 3.54. The average molecular weight is 348 g/mol. The van der Waals surface area contributed by atoms with Gasteiger partial charge in [-0.3, -0.25) is 4.79 Å². The normalized spacial score (nSPS) is 14.7.